The van der Waals surface area contributed by atoms with Crippen molar-refractivity contribution in [1.82, 2.24) is 24.8 Å². The number of piperazine rings is 1. The van der Waals surface area contributed by atoms with Crippen molar-refractivity contribution in [3.63, 3.8) is 0 Å². The summed E-state index contributed by atoms with van der Waals surface area (Å²) in [4.78, 5) is 18.1. The summed E-state index contributed by atoms with van der Waals surface area (Å²) in [7, 11) is 0. The summed E-state index contributed by atoms with van der Waals surface area (Å²) in [5.74, 6) is 0.785. The van der Waals surface area contributed by atoms with Crippen LogP contribution in [0.3, 0.4) is 0 Å². The van der Waals surface area contributed by atoms with E-state index in [1.165, 1.54) is 0 Å². The fourth-order valence-corrected chi connectivity index (χ4v) is 2.18. The van der Waals surface area contributed by atoms with Crippen molar-refractivity contribution in [1.29, 1.82) is 0 Å². The van der Waals surface area contributed by atoms with Gasteiger partial charge in [0, 0.05) is 38.6 Å². The third-order valence-corrected chi connectivity index (χ3v) is 3.20. The summed E-state index contributed by atoms with van der Waals surface area (Å²) < 4.78 is 1.73. The number of amides is 1. The van der Waals surface area contributed by atoms with Crippen LogP contribution in [0.5, 0.6) is 0 Å². The zero-order valence-corrected chi connectivity index (χ0v) is 10.5. The molecule has 2 aromatic rings. The van der Waals surface area contributed by atoms with E-state index in [9.17, 15) is 4.79 Å². The number of hydrogen-bond donors (Lipinski definition) is 2. The Morgan fingerprint density at radius 3 is 3.05 bits per heavy atom. The van der Waals surface area contributed by atoms with E-state index >= 15 is 0 Å². The molecule has 1 aliphatic rings. The highest BCUT2D eigenvalue weighted by molar-refractivity contribution is 5.82. The number of fused-ring (bicyclic) bond motifs is 1. The van der Waals surface area contributed by atoms with Gasteiger partial charge < -0.3 is 15.5 Å². The maximum atomic E-state index is 12.0. The number of rotatable bonds is 3. The van der Waals surface area contributed by atoms with E-state index in [0.717, 1.165) is 31.7 Å². The number of nitrogens with one attached hydrogen (secondary N) is 2. The van der Waals surface area contributed by atoms with E-state index in [4.69, 9.17) is 0 Å². The van der Waals surface area contributed by atoms with Crippen molar-refractivity contribution in [3.05, 3.63) is 24.7 Å². The van der Waals surface area contributed by atoms with E-state index in [2.05, 4.69) is 20.7 Å². The minimum Gasteiger partial charge on any atom is -0.359 e. The first-order valence-corrected chi connectivity index (χ1v) is 6.35. The van der Waals surface area contributed by atoms with Crippen LogP contribution in [0.4, 0.5) is 5.82 Å². The lowest BCUT2D eigenvalue weighted by Gasteiger charge is -2.27. The number of nitrogens with zero attached hydrogens (tertiary/aromatic N) is 4. The predicted octanol–water partition coefficient (Wildman–Crippen LogP) is -0.427. The van der Waals surface area contributed by atoms with Crippen molar-refractivity contribution in [2.45, 2.75) is 0 Å². The van der Waals surface area contributed by atoms with Gasteiger partial charge in [0.25, 0.3) is 0 Å². The summed E-state index contributed by atoms with van der Waals surface area (Å²) in [6.07, 6.45) is 5.15. The molecule has 7 heteroatoms. The molecule has 0 unspecified atom stereocenters. The molecular weight excluding hydrogens is 244 g/mol. The fraction of sp³-hybridized carbons (Fsp3) is 0.417. The molecule has 0 bridgehead atoms. The van der Waals surface area contributed by atoms with Crippen molar-refractivity contribution >= 4 is 17.2 Å². The van der Waals surface area contributed by atoms with Crippen LogP contribution in [-0.2, 0) is 4.79 Å². The second kappa shape index (κ2) is 5.23. The Bertz CT molecular complexity index is 574. The van der Waals surface area contributed by atoms with Gasteiger partial charge in [-0.1, -0.05) is 0 Å². The summed E-state index contributed by atoms with van der Waals surface area (Å²) in [6.45, 7) is 3.53. The first-order chi connectivity index (χ1) is 9.34. The normalized spacial score (nSPS) is 15.7. The third-order valence-electron chi connectivity index (χ3n) is 3.20. The quantitative estimate of drug-likeness (QED) is 0.783. The molecule has 3 rings (SSSR count). The zero-order valence-electron chi connectivity index (χ0n) is 10.5. The smallest absolute Gasteiger partial charge is 0.242 e. The van der Waals surface area contributed by atoms with E-state index < -0.39 is 0 Å². The van der Waals surface area contributed by atoms with Gasteiger partial charge in [-0.05, 0) is 6.07 Å². The number of aromatic nitrogens is 3. The highest BCUT2D eigenvalue weighted by Gasteiger charge is 2.16. The minimum atomic E-state index is 0.102. The zero-order chi connectivity index (χ0) is 13.1. The summed E-state index contributed by atoms with van der Waals surface area (Å²) in [5.41, 5.74) is 0.871. The first-order valence-electron chi connectivity index (χ1n) is 6.35. The molecule has 1 aliphatic heterocycles. The van der Waals surface area contributed by atoms with E-state index in [-0.39, 0.29) is 12.5 Å². The molecule has 0 atom stereocenters. The highest BCUT2D eigenvalue weighted by Crippen LogP contribution is 2.11. The Labute approximate surface area is 110 Å². The van der Waals surface area contributed by atoms with Crippen LogP contribution in [0.15, 0.2) is 24.7 Å². The Kier molecular flexibility index (Phi) is 3.28. The standard InChI is InChI=1S/C12H16N6O/c19-11(17-6-3-13-4-7-17)9-15-12-10-1-2-16-18(10)8-5-14-12/h1-2,5,8,13H,3-4,6-7,9H2,(H,14,15). The van der Waals surface area contributed by atoms with Gasteiger partial charge in [0.2, 0.25) is 5.91 Å². The number of hydrogen-bond acceptors (Lipinski definition) is 5. The molecular formula is C12H16N6O. The highest BCUT2D eigenvalue weighted by atomic mass is 16.2. The molecule has 0 aromatic carbocycles. The molecule has 1 saturated heterocycles. The van der Waals surface area contributed by atoms with Gasteiger partial charge in [-0.25, -0.2) is 9.50 Å². The number of carbonyl (C=O) groups is 1. The maximum absolute atomic E-state index is 12.0. The average Bonchev–Trinajstić information content (AvgIpc) is 2.94. The Hall–Kier alpha value is -2.15. The van der Waals surface area contributed by atoms with Gasteiger partial charge >= 0.3 is 0 Å². The monoisotopic (exact) mass is 260 g/mol. The molecule has 2 aromatic heterocycles. The second-order valence-electron chi connectivity index (χ2n) is 4.42. The van der Waals surface area contributed by atoms with Crippen LogP contribution in [0, 0.1) is 0 Å². The van der Waals surface area contributed by atoms with Crippen LogP contribution >= 0.6 is 0 Å². The van der Waals surface area contributed by atoms with Gasteiger partial charge in [-0.2, -0.15) is 5.10 Å². The molecule has 1 fully saturated rings. The largest absolute Gasteiger partial charge is 0.359 e. The van der Waals surface area contributed by atoms with E-state index in [1.54, 1.807) is 23.1 Å². The number of carbonyl (C=O) groups excluding carboxylic acids is 1. The Morgan fingerprint density at radius 1 is 1.37 bits per heavy atom. The average molecular weight is 260 g/mol. The molecule has 1 amide bonds. The SMILES string of the molecule is O=C(CNc1nccn2nccc12)N1CCNCC1. The molecule has 19 heavy (non-hydrogen) atoms. The van der Waals surface area contributed by atoms with Crippen LogP contribution in [-0.4, -0.2) is 58.1 Å². The Balaban J connectivity index is 1.65. The van der Waals surface area contributed by atoms with E-state index in [1.807, 2.05) is 11.0 Å². The van der Waals surface area contributed by atoms with Gasteiger partial charge in [0.1, 0.15) is 5.52 Å². The van der Waals surface area contributed by atoms with E-state index in [0.29, 0.717) is 5.82 Å². The molecule has 7 nitrogen and oxygen atoms in total. The van der Waals surface area contributed by atoms with Crippen molar-refractivity contribution < 1.29 is 4.79 Å². The molecule has 0 radical (unpaired) electrons. The van der Waals surface area contributed by atoms with Crippen LogP contribution in [0.2, 0.25) is 0 Å². The van der Waals surface area contributed by atoms with Gasteiger partial charge in [0.15, 0.2) is 5.82 Å². The van der Waals surface area contributed by atoms with Crippen molar-refractivity contribution in [2.24, 2.45) is 0 Å². The van der Waals surface area contributed by atoms with Crippen molar-refractivity contribution in [2.75, 3.05) is 38.0 Å². The molecule has 0 aliphatic carbocycles. The van der Waals surface area contributed by atoms with Crippen LogP contribution < -0.4 is 10.6 Å². The lowest BCUT2D eigenvalue weighted by atomic mass is 10.3. The van der Waals surface area contributed by atoms with Gasteiger partial charge in [-0.3, -0.25) is 4.79 Å². The molecule has 0 spiro atoms. The summed E-state index contributed by atoms with van der Waals surface area (Å²) >= 11 is 0. The topological polar surface area (TPSA) is 74.6 Å². The molecule has 2 N–H and O–H groups in total. The van der Waals surface area contributed by atoms with Crippen LogP contribution in [0.1, 0.15) is 0 Å². The third kappa shape index (κ3) is 2.50. The number of anilines is 1. The lowest BCUT2D eigenvalue weighted by Crippen LogP contribution is -2.48. The minimum absolute atomic E-state index is 0.102. The van der Waals surface area contributed by atoms with Crippen LogP contribution in [0.25, 0.3) is 5.52 Å². The summed E-state index contributed by atoms with van der Waals surface area (Å²) in [6, 6.07) is 1.87. The lowest BCUT2D eigenvalue weighted by molar-refractivity contribution is -0.129. The second-order valence-corrected chi connectivity index (χ2v) is 4.42. The molecule has 0 saturated carbocycles. The van der Waals surface area contributed by atoms with Gasteiger partial charge in [-0.15, -0.1) is 0 Å². The van der Waals surface area contributed by atoms with Crippen molar-refractivity contribution in [3.8, 4) is 0 Å². The molecule has 3 heterocycles. The first kappa shape index (κ1) is 11.9. The fourth-order valence-electron chi connectivity index (χ4n) is 2.18. The van der Waals surface area contributed by atoms with Gasteiger partial charge in [0.05, 0.1) is 12.7 Å². The molecule has 100 valence electrons. The maximum Gasteiger partial charge on any atom is 0.242 e. The predicted molar refractivity (Wildman–Crippen MR) is 70.9 cm³/mol. The Morgan fingerprint density at radius 2 is 2.21 bits per heavy atom. The summed E-state index contributed by atoms with van der Waals surface area (Å²) in [5, 5.41) is 10.4.